The second kappa shape index (κ2) is 5.57. The van der Waals surface area contributed by atoms with Crippen LogP contribution in [0.5, 0.6) is 0 Å². The fraction of sp³-hybridized carbons (Fsp3) is 0.538. The lowest BCUT2D eigenvalue weighted by molar-refractivity contribution is 0.393. The molecule has 0 aliphatic carbocycles. The van der Waals surface area contributed by atoms with Gasteiger partial charge in [-0.05, 0) is 26.0 Å². The molecule has 0 bridgehead atoms. The van der Waals surface area contributed by atoms with E-state index in [-0.39, 0.29) is 5.54 Å². The maximum Gasteiger partial charge on any atom is 0.0221 e. The van der Waals surface area contributed by atoms with Crippen LogP contribution in [0.2, 0.25) is 0 Å². The van der Waals surface area contributed by atoms with Crippen LogP contribution >= 0.6 is 11.8 Å². The molecule has 0 fully saturated rings. The van der Waals surface area contributed by atoms with Gasteiger partial charge in [-0.15, -0.1) is 11.8 Å². The van der Waals surface area contributed by atoms with Crippen LogP contribution in [-0.2, 0) is 0 Å². The van der Waals surface area contributed by atoms with Gasteiger partial charge >= 0.3 is 0 Å². The summed E-state index contributed by atoms with van der Waals surface area (Å²) < 4.78 is 0. The molecule has 1 N–H and O–H groups in total. The van der Waals surface area contributed by atoms with Gasteiger partial charge in [0.25, 0.3) is 0 Å². The third-order valence-corrected chi connectivity index (χ3v) is 3.49. The molecule has 0 heterocycles. The molecule has 0 saturated heterocycles. The lowest BCUT2D eigenvalue weighted by atomic mass is 10.1. The van der Waals surface area contributed by atoms with E-state index in [0.717, 1.165) is 5.75 Å². The van der Waals surface area contributed by atoms with Gasteiger partial charge in [0.1, 0.15) is 0 Å². The van der Waals surface area contributed by atoms with Gasteiger partial charge in [-0.3, -0.25) is 0 Å². The smallest absolute Gasteiger partial charge is 0.0221 e. The van der Waals surface area contributed by atoms with Crippen molar-refractivity contribution in [2.45, 2.75) is 44.2 Å². The number of benzene rings is 1. The molecule has 1 nitrogen and oxygen atoms in total. The van der Waals surface area contributed by atoms with E-state index in [2.05, 4.69) is 63.3 Å². The Balaban J connectivity index is 2.42. The maximum atomic E-state index is 3.57. The SMILES string of the molecule is CC(C)NC(C)(C)CSc1ccccc1. The number of thioether (sulfide) groups is 1. The minimum Gasteiger partial charge on any atom is -0.309 e. The van der Waals surface area contributed by atoms with Gasteiger partial charge < -0.3 is 5.32 Å². The van der Waals surface area contributed by atoms with Crippen LogP contribution in [0.15, 0.2) is 35.2 Å². The monoisotopic (exact) mass is 223 g/mol. The summed E-state index contributed by atoms with van der Waals surface area (Å²) in [6, 6.07) is 11.1. The quantitative estimate of drug-likeness (QED) is 0.766. The number of hydrogen-bond acceptors (Lipinski definition) is 2. The van der Waals surface area contributed by atoms with Gasteiger partial charge in [0.15, 0.2) is 0 Å². The van der Waals surface area contributed by atoms with Crippen LogP contribution in [0.1, 0.15) is 27.7 Å². The van der Waals surface area contributed by atoms with E-state index >= 15 is 0 Å². The Morgan fingerprint density at radius 3 is 2.33 bits per heavy atom. The van der Waals surface area contributed by atoms with Crippen molar-refractivity contribution in [2.75, 3.05) is 5.75 Å². The van der Waals surface area contributed by atoms with E-state index in [0.29, 0.717) is 6.04 Å². The summed E-state index contributed by atoms with van der Waals surface area (Å²) in [4.78, 5) is 1.34. The second-order valence-corrected chi connectivity index (χ2v) is 5.83. The molecule has 0 aliphatic heterocycles. The Labute approximate surface area is 97.7 Å². The normalized spacial score (nSPS) is 12.1. The van der Waals surface area contributed by atoms with Gasteiger partial charge in [0, 0.05) is 22.2 Å². The molecule has 0 aliphatic rings. The molecule has 1 rings (SSSR count). The summed E-state index contributed by atoms with van der Waals surface area (Å²) in [5, 5.41) is 3.57. The zero-order chi connectivity index (χ0) is 11.3. The standard InChI is InChI=1S/C13H21NS/c1-11(2)14-13(3,4)10-15-12-8-6-5-7-9-12/h5-9,11,14H,10H2,1-4H3. The third kappa shape index (κ3) is 5.24. The minimum absolute atomic E-state index is 0.189. The second-order valence-electron chi connectivity index (χ2n) is 4.78. The van der Waals surface area contributed by atoms with E-state index in [1.54, 1.807) is 0 Å². The van der Waals surface area contributed by atoms with Crippen molar-refractivity contribution >= 4 is 11.8 Å². The van der Waals surface area contributed by atoms with Gasteiger partial charge in [-0.1, -0.05) is 32.0 Å². The molecule has 0 aromatic heterocycles. The molecule has 0 amide bonds. The summed E-state index contributed by atoms with van der Waals surface area (Å²) in [6.45, 7) is 8.88. The molecule has 0 spiro atoms. The summed E-state index contributed by atoms with van der Waals surface area (Å²) in [7, 11) is 0. The third-order valence-electron chi connectivity index (χ3n) is 2.02. The van der Waals surface area contributed by atoms with Crippen molar-refractivity contribution in [1.29, 1.82) is 0 Å². The average Bonchev–Trinajstić information content (AvgIpc) is 2.15. The first-order valence-electron chi connectivity index (χ1n) is 5.45. The Hall–Kier alpha value is -0.470. The largest absolute Gasteiger partial charge is 0.309 e. The summed E-state index contributed by atoms with van der Waals surface area (Å²) in [5.74, 6) is 1.09. The zero-order valence-corrected chi connectivity index (χ0v) is 10.9. The predicted molar refractivity (Wildman–Crippen MR) is 69.5 cm³/mol. The lowest BCUT2D eigenvalue weighted by Crippen LogP contribution is -2.45. The highest BCUT2D eigenvalue weighted by Gasteiger charge is 2.18. The van der Waals surface area contributed by atoms with Crippen molar-refractivity contribution in [2.24, 2.45) is 0 Å². The van der Waals surface area contributed by atoms with Gasteiger partial charge in [-0.2, -0.15) is 0 Å². The average molecular weight is 223 g/mol. The number of hydrogen-bond donors (Lipinski definition) is 1. The first kappa shape index (κ1) is 12.6. The molecule has 0 unspecified atom stereocenters. The van der Waals surface area contributed by atoms with Crippen molar-refractivity contribution in [3.05, 3.63) is 30.3 Å². The molecule has 2 heteroatoms. The van der Waals surface area contributed by atoms with Crippen LogP contribution < -0.4 is 5.32 Å². The molecular weight excluding hydrogens is 202 g/mol. The van der Waals surface area contributed by atoms with E-state index in [1.807, 2.05) is 11.8 Å². The fourth-order valence-corrected chi connectivity index (χ4v) is 2.56. The number of nitrogens with one attached hydrogen (secondary N) is 1. The van der Waals surface area contributed by atoms with E-state index < -0.39 is 0 Å². The molecule has 1 aromatic rings. The molecule has 0 atom stereocenters. The Morgan fingerprint density at radius 2 is 1.80 bits per heavy atom. The summed E-state index contributed by atoms with van der Waals surface area (Å²) >= 11 is 1.91. The minimum atomic E-state index is 0.189. The van der Waals surface area contributed by atoms with Crippen molar-refractivity contribution < 1.29 is 0 Å². The molecule has 0 radical (unpaired) electrons. The van der Waals surface area contributed by atoms with Crippen LogP contribution in [-0.4, -0.2) is 17.3 Å². The molecule has 0 saturated carbocycles. The zero-order valence-electron chi connectivity index (χ0n) is 10.1. The lowest BCUT2D eigenvalue weighted by Gasteiger charge is -2.28. The van der Waals surface area contributed by atoms with Crippen LogP contribution in [0.4, 0.5) is 0 Å². The topological polar surface area (TPSA) is 12.0 Å². The highest BCUT2D eigenvalue weighted by molar-refractivity contribution is 7.99. The molecule has 1 aromatic carbocycles. The summed E-state index contributed by atoms with van der Waals surface area (Å²) in [5.41, 5.74) is 0.189. The first-order valence-corrected chi connectivity index (χ1v) is 6.44. The van der Waals surface area contributed by atoms with Gasteiger partial charge in [-0.25, -0.2) is 0 Å². The maximum absolute atomic E-state index is 3.57. The van der Waals surface area contributed by atoms with Crippen molar-refractivity contribution in [3.63, 3.8) is 0 Å². The van der Waals surface area contributed by atoms with Crippen LogP contribution in [0.3, 0.4) is 0 Å². The van der Waals surface area contributed by atoms with Gasteiger partial charge in [0.05, 0.1) is 0 Å². The van der Waals surface area contributed by atoms with Crippen LogP contribution in [0.25, 0.3) is 0 Å². The highest BCUT2D eigenvalue weighted by Crippen LogP contribution is 2.22. The molecular formula is C13H21NS. The van der Waals surface area contributed by atoms with Crippen LogP contribution in [0, 0.1) is 0 Å². The highest BCUT2D eigenvalue weighted by atomic mass is 32.2. The molecule has 15 heavy (non-hydrogen) atoms. The van der Waals surface area contributed by atoms with E-state index in [1.165, 1.54) is 4.90 Å². The van der Waals surface area contributed by atoms with Crippen molar-refractivity contribution in [3.8, 4) is 0 Å². The molecule has 84 valence electrons. The van der Waals surface area contributed by atoms with Gasteiger partial charge in [0.2, 0.25) is 0 Å². The Morgan fingerprint density at radius 1 is 1.20 bits per heavy atom. The first-order chi connectivity index (χ1) is 6.99. The van der Waals surface area contributed by atoms with Crippen molar-refractivity contribution in [1.82, 2.24) is 5.32 Å². The predicted octanol–water partition coefficient (Wildman–Crippen LogP) is 3.56. The van der Waals surface area contributed by atoms with E-state index in [4.69, 9.17) is 0 Å². The number of rotatable bonds is 5. The Bertz CT molecular complexity index is 280. The fourth-order valence-electron chi connectivity index (χ4n) is 1.60. The van der Waals surface area contributed by atoms with E-state index in [9.17, 15) is 0 Å². The summed E-state index contributed by atoms with van der Waals surface area (Å²) in [6.07, 6.45) is 0. The Kier molecular flexibility index (Phi) is 4.68.